The van der Waals surface area contributed by atoms with Gasteiger partial charge in [0.25, 0.3) is 23.1 Å². The number of carbonyl (C=O) groups excluding carboxylic acids is 4. The van der Waals surface area contributed by atoms with Crippen LogP contribution in [0.25, 0.3) is 0 Å². The average Bonchev–Trinajstić information content (AvgIpc) is 1.60. The number of halogens is 24. The van der Waals surface area contributed by atoms with Gasteiger partial charge in [-0.05, 0) is 148 Å². The van der Waals surface area contributed by atoms with Gasteiger partial charge in [-0.2, -0.15) is 105 Å². The van der Waals surface area contributed by atoms with E-state index in [2.05, 4.69) is 114 Å². The van der Waals surface area contributed by atoms with Gasteiger partial charge >= 0.3 is 49.4 Å². The van der Waals surface area contributed by atoms with Crippen LogP contribution in [-0.2, 0) is 101 Å². The number of nitrogens with zero attached hydrogens (tertiary/aromatic N) is 8. The molecule has 0 fully saturated rings. The topological polar surface area (TPSA) is 259 Å². The zero-order valence-electron chi connectivity index (χ0n) is 66.8. The number of aryl methyl sites for hydroxylation is 4. The molecule has 0 radical (unpaired) electrons. The number of benzene rings is 8. The number of para-hydroxylation sites is 4. The normalized spacial score (nSPS) is 14.8. The summed E-state index contributed by atoms with van der Waals surface area (Å²) in [5, 5.41) is 39.3. The summed E-state index contributed by atoms with van der Waals surface area (Å²) in [5.41, 5.74) is 22.3. The van der Waals surface area contributed by atoms with Crippen LogP contribution in [0, 0.1) is 27.7 Å². The average molecular weight is 2220 g/mol. The first-order valence-electron chi connectivity index (χ1n) is 36.1. The third-order valence-electron chi connectivity index (χ3n) is 16.3. The van der Waals surface area contributed by atoms with Crippen LogP contribution in [0.1, 0.15) is 84.0 Å². The van der Waals surface area contributed by atoms with Crippen molar-refractivity contribution >= 4 is 114 Å². The Morgan fingerprint density at radius 1 is 0.262 bits per heavy atom. The molecule has 0 amide bonds. The summed E-state index contributed by atoms with van der Waals surface area (Å²) < 4.78 is 271. The third-order valence-corrected chi connectivity index (χ3v) is 16.3. The van der Waals surface area contributed by atoms with Crippen LogP contribution in [0.3, 0.4) is 0 Å². The maximum Gasteiger partial charge on any atom is 0.454 e. The molecule has 130 heavy (non-hydrogen) atoms. The van der Waals surface area contributed by atoms with E-state index in [1.54, 1.807) is 0 Å². The van der Waals surface area contributed by atoms with Crippen LogP contribution in [0.4, 0.5) is 151 Å². The Balaban J connectivity index is 0.000000552. The molecule has 4 aliphatic rings. The number of alkyl halides is 24. The monoisotopic (exact) mass is 2210 g/mol. The van der Waals surface area contributed by atoms with Crippen LogP contribution < -0.4 is 20.4 Å². The van der Waals surface area contributed by atoms with Crippen LogP contribution in [-0.4, -0.2) is 118 Å². The first kappa shape index (κ1) is 115. The fourth-order valence-electron chi connectivity index (χ4n) is 10.0. The third kappa shape index (κ3) is 35.0. The van der Waals surface area contributed by atoms with Crippen molar-refractivity contribution in [3.63, 3.8) is 0 Å². The minimum atomic E-state index is -5.46. The first-order chi connectivity index (χ1) is 58.4. The maximum absolute atomic E-state index is 11.3. The van der Waals surface area contributed by atoms with E-state index in [9.17, 15) is 145 Å². The summed E-state index contributed by atoms with van der Waals surface area (Å²) in [4.78, 5) is 79.4. The van der Waals surface area contributed by atoms with E-state index < -0.39 is 120 Å². The minimum Gasteiger partial charge on any atom is -0.869 e. The maximum atomic E-state index is 11.3. The van der Waals surface area contributed by atoms with Gasteiger partial charge in [-0.3, -0.25) is 19.2 Å². The second kappa shape index (κ2) is 49.3. The smallest absolute Gasteiger partial charge is 0.454 e. The van der Waals surface area contributed by atoms with Gasteiger partial charge in [-0.25, -0.2) is 39.9 Å². The van der Waals surface area contributed by atoms with Gasteiger partial charge in [0, 0.05) is 104 Å². The standard InChI is InChI=1S/2C30H22N4.C6H14.4C5H2F6O2.4Pd/c2*1-19-11-15-21(16-12-19)31-27-23-7-3-5-9-25(23)33-29(27)30-28(24-8-4-6-10-26(24)34-30)32-22-17-13-20(2)14-18-22;1-3-5-6-4-2;4*6-4(7,8)2(12)1-3(13)5(9,10)11;;;;/h2*3-18H,1-2H3;3-6H2,1-2H3;4*1,12H;;;;/p-4/b;;;4*2-1-;;;;. The van der Waals surface area contributed by atoms with Gasteiger partial charge < -0.3 is 20.4 Å². The Morgan fingerprint density at radius 2 is 0.415 bits per heavy atom. The van der Waals surface area contributed by atoms with E-state index in [0.717, 1.165) is 113 Å². The van der Waals surface area contributed by atoms with E-state index in [1.165, 1.54) is 47.9 Å². The van der Waals surface area contributed by atoms with Crippen molar-refractivity contribution in [2.45, 2.75) is 117 Å². The van der Waals surface area contributed by atoms with Gasteiger partial charge in [0.05, 0.1) is 45.5 Å². The molecule has 44 heteroatoms. The molecule has 12 rings (SSSR count). The fourth-order valence-corrected chi connectivity index (χ4v) is 10.0. The molecule has 0 aromatic heterocycles. The molecule has 0 saturated carbocycles. The van der Waals surface area contributed by atoms with Crippen molar-refractivity contribution in [3.05, 3.63) is 286 Å². The second-order valence-electron chi connectivity index (χ2n) is 26.3. The van der Waals surface area contributed by atoms with Crippen molar-refractivity contribution in [2.24, 2.45) is 39.9 Å². The molecule has 0 atom stereocenters. The largest absolute Gasteiger partial charge is 0.869 e. The Hall–Kier alpha value is -11.1. The molecule has 0 spiro atoms. The minimum absolute atomic E-state index is 0. The van der Waals surface area contributed by atoms with Gasteiger partial charge in [-0.1, -0.05) is 183 Å². The Kier molecular flexibility index (Phi) is 43.6. The predicted octanol–water partition coefficient (Wildman–Crippen LogP) is 21.1. The van der Waals surface area contributed by atoms with Gasteiger partial charge in [-0.15, -0.1) is 0 Å². The Labute approximate surface area is 778 Å². The molecule has 8 aromatic rings. The van der Waals surface area contributed by atoms with E-state index in [1.807, 2.05) is 121 Å². The molecule has 706 valence electrons. The van der Waals surface area contributed by atoms with Crippen LogP contribution in [0.5, 0.6) is 0 Å². The molecule has 4 heterocycles. The number of rotatable bonds is 13. The summed E-state index contributed by atoms with van der Waals surface area (Å²) in [7, 11) is 0. The van der Waals surface area contributed by atoms with Crippen molar-refractivity contribution in [1.82, 2.24) is 0 Å². The molecule has 0 saturated heterocycles. The fraction of sp³-hybridized carbons (Fsp3) is 0.209. The number of allylic oxidation sites excluding steroid dienone is 8. The first-order valence-corrected chi connectivity index (χ1v) is 36.1. The van der Waals surface area contributed by atoms with Gasteiger partial charge in [0.15, 0.2) is 0 Å². The zero-order chi connectivity index (χ0) is 94.4. The van der Waals surface area contributed by atoms with Crippen LogP contribution in [0.15, 0.2) is 281 Å². The zero-order valence-corrected chi connectivity index (χ0v) is 73.0. The molecule has 8 aromatic carbocycles. The molecule has 0 N–H and O–H groups in total. The Bertz CT molecular complexity index is 4980. The predicted molar refractivity (Wildman–Crippen MR) is 414 cm³/mol. The molecular formula is C86H62F24N8O8Pd4-4. The summed E-state index contributed by atoms with van der Waals surface area (Å²) in [5.74, 6) is -22.6. The van der Waals surface area contributed by atoms with E-state index in [4.69, 9.17) is 39.9 Å². The number of ketones is 4. The van der Waals surface area contributed by atoms with Crippen molar-refractivity contribution in [3.8, 4) is 0 Å². The number of unbranched alkanes of at least 4 members (excludes halogenated alkanes) is 3. The molecule has 0 aliphatic carbocycles. The SMILES string of the molecule is CCCCCC.Cc1ccc(N=C2C(C3=Nc4ccccc4C3=Nc3ccc(C)cc3)=Nc3ccccc32)cc1.Cc1ccc(N=C2C(C3=Nc4ccccc4C3=Nc3ccc(C)cc3)=Nc3ccccc32)cc1.O=C(/C=C(\[O-])C(F)(F)F)C(F)(F)F.O=C(/C=C(\[O-])C(F)(F)F)C(F)(F)F.O=C(/C=C(\[O-])C(F)(F)F)C(F)(F)F.O=C(/C=C(\[O-])C(F)(F)F)C(F)(F)F.[Pd].[Pd].[Pd].[Pd]. The number of carbonyl (C=O) groups is 4. The summed E-state index contributed by atoms with van der Waals surface area (Å²) in [6, 6.07) is 65.3. The number of hydrogen-bond acceptors (Lipinski definition) is 16. The van der Waals surface area contributed by atoms with Crippen molar-refractivity contribution in [1.29, 1.82) is 0 Å². The summed E-state index contributed by atoms with van der Waals surface area (Å²) >= 11 is 0. The van der Waals surface area contributed by atoms with Crippen LogP contribution >= 0.6 is 0 Å². The molecular weight excluding hydrogens is 2150 g/mol. The molecule has 16 nitrogen and oxygen atoms in total. The Morgan fingerprint density at radius 3 is 0.554 bits per heavy atom. The number of fused-ring (bicyclic) bond motifs is 4. The molecule has 0 bridgehead atoms. The summed E-state index contributed by atoms with van der Waals surface area (Å²) in [6.07, 6.45) is -42.2. The van der Waals surface area contributed by atoms with Gasteiger partial charge in [0.1, 0.15) is 45.7 Å². The number of hydrogen-bond donors (Lipinski definition) is 0. The van der Waals surface area contributed by atoms with Crippen molar-refractivity contribution in [2.75, 3.05) is 0 Å². The van der Waals surface area contributed by atoms with E-state index in [-0.39, 0.29) is 81.7 Å². The molecule has 4 aliphatic heterocycles. The van der Waals surface area contributed by atoms with Crippen LogP contribution in [0.2, 0.25) is 0 Å². The number of aliphatic imine (C=N–C) groups is 8. The van der Waals surface area contributed by atoms with E-state index in [0.29, 0.717) is 0 Å². The second-order valence-corrected chi connectivity index (χ2v) is 26.3. The van der Waals surface area contributed by atoms with Crippen molar-refractivity contribution < 1.29 is 227 Å². The molecule has 0 unspecified atom stereocenters. The van der Waals surface area contributed by atoms with E-state index >= 15 is 0 Å². The summed E-state index contributed by atoms with van der Waals surface area (Å²) in [6.45, 7) is 12.8. The quantitative estimate of drug-likeness (QED) is 0.0351. The van der Waals surface area contributed by atoms with Gasteiger partial charge in [0.2, 0.25) is 0 Å².